The van der Waals surface area contributed by atoms with E-state index in [4.69, 9.17) is 14.7 Å². The van der Waals surface area contributed by atoms with Crippen molar-refractivity contribution < 1.29 is 23.0 Å². The Balaban J connectivity index is 2.00. The average molecular weight is 347 g/mol. The first-order valence-electron chi connectivity index (χ1n) is 7.13. The summed E-state index contributed by atoms with van der Waals surface area (Å²) in [6.45, 7) is -0.180. The third-order valence-electron chi connectivity index (χ3n) is 3.24. The van der Waals surface area contributed by atoms with Crippen molar-refractivity contribution in [3.8, 4) is 17.6 Å². The molecule has 1 N–H and O–H groups in total. The van der Waals surface area contributed by atoms with Crippen molar-refractivity contribution in [2.45, 2.75) is 11.0 Å². The molecule has 0 aliphatic heterocycles. The Morgan fingerprint density at radius 1 is 1.17 bits per heavy atom. The predicted molar refractivity (Wildman–Crippen MR) is 87.7 cm³/mol. The van der Waals surface area contributed by atoms with Crippen molar-refractivity contribution >= 4 is 9.84 Å². The van der Waals surface area contributed by atoms with Crippen LogP contribution in [-0.2, 0) is 9.84 Å². The topological polar surface area (TPSA) is 96.6 Å². The van der Waals surface area contributed by atoms with Gasteiger partial charge in [0.25, 0.3) is 0 Å². The van der Waals surface area contributed by atoms with E-state index in [1.54, 1.807) is 42.5 Å². The van der Waals surface area contributed by atoms with Crippen molar-refractivity contribution in [3.63, 3.8) is 0 Å². The lowest BCUT2D eigenvalue weighted by Crippen LogP contribution is -2.27. The minimum Gasteiger partial charge on any atom is -0.495 e. The molecule has 2 aromatic rings. The van der Waals surface area contributed by atoms with Gasteiger partial charge in [-0.1, -0.05) is 12.1 Å². The van der Waals surface area contributed by atoms with Gasteiger partial charge in [-0.05, 0) is 36.4 Å². The summed E-state index contributed by atoms with van der Waals surface area (Å²) in [5.74, 6) is 0.198. The fourth-order valence-electron chi connectivity index (χ4n) is 2.09. The van der Waals surface area contributed by atoms with Gasteiger partial charge in [0.1, 0.15) is 29.1 Å². The van der Waals surface area contributed by atoms with Gasteiger partial charge in [0, 0.05) is 0 Å². The van der Waals surface area contributed by atoms with Gasteiger partial charge in [-0.25, -0.2) is 8.42 Å². The van der Waals surface area contributed by atoms with Crippen LogP contribution in [0.4, 0.5) is 0 Å². The molecule has 2 aromatic carbocycles. The minimum absolute atomic E-state index is 0.0323. The van der Waals surface area contributed by atoms with E-state index < -0.39 is 21.7 Å². The molecule has 0 aliphatic rings. The lowest BCUT2D eigenvalue weighted by molar-refractivity contribution is 0.125. The Hall–Kier alpha value is -2.56. The number of aliphatic hydroxyl groups excluding tert-OH is 1. The highest BCUT2D eigenvalue weighted by Gasteiger charge is 2.23. The molecule has 0 saturated heterocycles. The summed E-state index contributed by atoms with van der Waals surface area (Å²) in [4.78, 5) is 0.0323. The largest absolute Gasteiger partial charge is 0.495 e. The van der Waals surface area contributed by atoms with E-state index in [1.807, 2.05) is 6.07 Å². The molecular weight excluding hydrogens is 330 g/mol. The highest BCUT2D eigenvalue weighted by molar-refractivity contribution is 7.91. The van der Waals surface area contributed by atoms with E-state index in [1.165, 1.54) is 13.2 Å². The lowest BCUT2D eigenvalue weighted by atomic mass is 10.2. The maximum atomic E-state index is 12.4. The van der Waals surface area contributed by atoms with Gasteiger partial charge in [0.2, 0.25) is 0 Å². The maximum Gasteiger partial charge on any atom is 0.184 e. The first-order chi connectivity index (χ1) is 11.5. The van der Waals surface area contributed by atoms with Gasteiger partial charge in [0.05, 0.1) is 24.5 Å². The fourth-order valence-corrected chi connectivity index (χ4v) is 3.61. The van der Waals surface area contributed by atoms with Crippen molar-refractivity contribution in [1.82, 2.24) is 0 Å². The van der Waals surface area contributed by atoms with Crippen molar-refractivity contribution in [1.29, 1.82) is 5.26 Å². The quantitative estimate of drug-likeness (QED) is 0.820. The molecule has 0 amide bonds. The fraction of sp³-hybridized carbons (Fsp3) is 0.235. The van der Waals surface area contributed by atoms with E-state index in [9.17, 15) is 13.5 Å². The molecular formula is C17H17NO5S. The smallest absolute Gasteiger partial charge is 0.184 e. The van der Waals surface area contributed by atoms with Crippen LogP contribution in [0, 0.1) is 11.3 Å². The average Bonchev–Trinajstić information content (AvgIpc) is 2.60. The number of aliphatic hydroxyl groups is 1. The number of rotatable bonds is 7. The molecule has 6 nitrogen and oxygen atoms in total. The number of ether oxygens (including phenoxy) is 2. The molecule has 2 rings (SSSR count). The summed E-state index contributed by atoms with van der Waals surface area (Å²) in [5, 5.41) is 18.7. The summed E-state index contributed by atoms with van der Waals surface area (Å²) < 4.78 is 35.2. The zero-order chi connectivity index (χ0) is 17.6. The number of sulfone groups is 1. The molecule has 0 heterocycles. The molecule has 0 radical (unpaired) electrons. The standard InChI is InChI=1S/C17H17NO5S/c1-22-16-4-2-3-5-17(16)24(20,21)12-14(19)11-23-15-8-6-13(10-18)7-9-15/h2-9,14,19H,11-12H2,1H3/t14-/m1/s1. The van der Waals surface area contributed by atoms with Crippen molar-refractivity contribution in [3.05, 3.63) is 54.1 Å². The Bertz CT molecular complexity index is 825. The van der Waals surface area contributed by atoms with Gasteiger partial charge in [-0.15, -0.1) is 0 Å². The van der Waals surface area contributed by atoms with Crippen LogP contribution in [0.1, 0.15) is 5.56 Å². The second-order valence-electron chi connectivity index (χ2n) is 5.03. The predicted octanol–water partition coefficient (Wildman–Crippen LogP) is 1.78. The van der Waals surface area contributed by atoms with Crippen LogP contribution in [0.3, 0.4) is 0 Å². The van der Waals surface area contributed by atoms with Gasteiger partial charge in [0.15, 0.2) is 9.84 Å². The monoisotopic (exact) mass is 347 g/mol. The van der Waals surface area contributed by atoms with E-state index in [2.05, 4.69) is 0 Å². The highest BCUT2D eigenvalue weighted by atomic mass is 32.2. The molecule has 0 bridgehead atoms. The number of nitriles is 1. The first-order valence-corrected chi connectivity index (χ1v) is 8.78. The van der Waals surface area contributed by atoms with Gasteiger partial charge in [-0.3, -0.25) is 0 Å². The van der Waals surface area contributed by atoms with Gasteiger partial charge >= 0.3 is 0 Å². The molecule has 0 saturated carbocycles. The molecule has 24 heavy (non-hydrogen) atoms. The van der Waals surface area contributed by atoms with E-state index in [0.717, 1.165) is 0 Å². The Morgan fingerprint density at radius 3 is 2.46 bits per heavy atom. The second-order valence-corrected chi connectivity index (χ2v) is 7.04. The first kappa shape index (κ1) is 17.8. The van der Waals surface area contributed by atoms with E-state index >= 15 is 0 Å². The molecule has 1 atom stereocenters. The van der Waals surface area contributed by atoms with Crippen molar-refractivity contribution in [2.75, 3.05) is 19.5 Å². The second kappa shape index (κ2) is 7.81. The van der Waals surface area contributed by atoms with Gasteiger partial charge < -0.3 is 14.6 Å². The van der Waals surface area contributed by atoms with E-state index in [0.29, 0.717) is 11.3 Å². The number of hydrogen-bond acceptors (Lipinski definition) is 6. The molecule has 0 aromatic heterocycles. The van der Waals surface area contributed by atoms with Crippen LogP contribution in [0.15, 0.2) is 53.4 Å². The molecule has 0 spiro atoms. The van der Waals surface area contributed by atoms with E-state index in [-0.39, 0.29) is 17.3 Å². The van der Waals surface area contributed by atoms with Crippen molar-refractivity contribution in [2.24, 2.45) is 0 Å². The maximum absolute atomic E-state index is 12.4. The molecule has 0 fully saturated rings. The molecule has 0 unspecified atom stereocenters. The summed E-state index contributed by atoms with van der Waals surface area (Å²) in [6.07, 6.45) is -1.20. The number of hydrogen-bond donors (Lipinski definition) is 1. The number of methoxy groups -OCH3 is 1. The van der Waals surface area contributed by atoms with Crippen LogP contribution in [0.25, 0.3) is 0 Å². The summed E-state index contributed by atoms with van der Waals surface area (Å²) in [6, 6.07) is 14.5. The number of para-hydroxylation sites is 1. The van der Waals surface area contributed by atoms with Crippen LogP contribution in [-0.4, -0.2) is 39.1 Å². The summed E-state index contributed by atoms with van der Waals surface area (Å²) in [7, 11) is -2.33. The third-order valence-corrected chi connectivity index (χ3v) is 5.07. The minimum atomic E-state index is -3.72. The van der Waals surface area contributed by atoms with Crippen LogP contribution >= 0.6 is 0 Å². The molecule has 126 valence electrons. The zero-order valence-corrected chi connectivity index (χ0v) is 13.9. The lowest BCUT2D eigenvalue weighted by Gasteiger charge is -2.14. The number of nitrogens with zero attached hydrogens (tertiary/aromatic N) is 1. The number of benzene rings is 2. The summed E-state index contributed by atoms with van der Waals surface area (Å²) in [5.41, 5.74) is 0.488. The molecule has 7 heteroatoms. The van der Waals surface area contributed by atoms with Crippen LogP contribution < -0.4 is 9.47 Å². The SMILES string of the molecule is COc1ccccc1S(=O)(=O)C[C@H](O)COc1ccc(C#N)cc1. The molecule has 0 aliphatic carbocycles. The Morgan fingerprint density at radius 2 is 1.83 bits per heavy atom. The van der Waals surface area contributed by atoms with Gasteiger partial charge in [-0.2, -0.15) is 5.26 Å². The van der Waals surface area contributed by atoms with Crippen LogP contribution in [0.5, 0.6) is 11.5 Å². The normalized spacial score (nSPS) is 12.2. The Kier molecular flexibility index (Phi) is 5.79. The highest BCUT2D eigenvalue weighted by Crippen LogP contribution is 2.24. The third kappa shape index (κ3) is 4.47. The zero-order valence-electron chi connectivity index (χ0n) is 13.0. The summed E-state index contributed by atoms with van der Waals surface area (Å²) >= 11 is 0. The van der Waals surface area contributed by atoms with Crippen LogP contribution in [0.2, 0.25) is 0 Å². The Labute approximate surface area is 140 Å².